The second kappa shape index (κ2) is 5.16. The molecule has 1 aromatic carbocycles. The van der Waals surface area contributed by atoms with Crippen molar-refractivity contribution in [2.24, 2.45) is 0 Å². The summed E-state index contributed by atoms with van der Waals surface area (Å²) in [4.78, 5) is 15.9. The number of thiazole rings is 1. The van der Waals surface area contributed by atoms with Gasteiger partial charge in [-0.05, 0) is 12.1 Å². The first kappa shape index (κ1) is 12.5. The smallest absolute Gasteiger partial charge is 0.351 e. The van der Waals surface area contributed by atoms with Gasteiger partial charge in [-0.3, -0.25) is 0 Å². The van der Waals surface area contributed by atoms with Crippen molar-refractivity contribution in [3.05, 3.63) is 38.8 Å². The molecule has 0 N–H and O–H groups in total. The molecule has 0 saturated carbocycles. The minimum atomic E-state index is -0.464. The van der Waals surface area contributed by atoms with Crippen molar-refractivity contribution in [3.8, 4) is 10.6 Å². The molecule has 1 heterocycles. The minimum absolute atomic E-state index is 0.178. The van der Waals surface area contributed by atoms with Gasteiger partial charge in [0, 0.05) is 10.0 Å². The molecule has 0 spiro atoms. The molecule has 0 bridgehead atoms. The zero-order valence-electron chi connectivity index (χ0n) is 8.74. The van der Waals surface area contributed by atoms with E-state index in [1.807, 2.05) is 24.3 Å². The molecule has 2 aromatic rings. The highest BCUT2D eigenvalue weighted by molar-refractivity contribution is 9.10. The summed E-state index contributed by atoms with van der Waals surface area (Å²) in [5, 5.41) is 0.869. The van der Waals surface area contributed by atoms with Crippen LogP contribution in [0.15, 0.2) is 28.7 Å². The van der Waals surface area contributed by atoms with Gasteiger partial charge in [0.2, 0.25) is 0 Å². The van der Waals surface area contributed by atoms with E-state index in [-0.39, 0.29) is 5.15 Å². The third-order valence-corrected chi connectivity index (χ3v) is 3.99. The van der Waals surface area contributed by atoms with Crippen LogP contribution in [0.25, 0.3) is 10.6 Å². The zero-order valence-corrected chi connectivity index (χ0v) is 11.9. The number of hydrogen-bond acceptors (Lipinski definition) is 4. The van der Waals surface area contributed by atoms with Crippen LogP contribution in [0.4, 0.5) is 0 Å². The quantitative estimate of drug-likeness (QED) is 0.780. The van der Waals surface area contributed by atoms with Crippen molar-refractivity contribution in [2.45, 2.75) is 0 Å². The monoisotopic (exact) mass is 331 g/mol. The standard InChI is InChI=1S/C11H7BrClNO2S/c1-16-11(15)8-9(13)14-10(17-8)6-3-2-4-7(12)5-6/h2-5H,1H3. The van der Waals surface area contributed by atoms with Crippen molar-refractivity contribution in [3.63, 3.8) is 0 Å². The number of halogens is 2. The molecule has 0 aliphatic heterocycles. The molecule has 0 fully saturated rings. The lowest BCUT2D eigenvalue weighted by Gasteiger charge is -1.95. The Labute approximate surface area is 116 Å². The summed E-state index contributed by atoms with van der Waals surface area (Å²) in [6.45, 7) is 0. The fourth-order valence-electron chi connectivity index (χ4n) is 1.27. The lowest BCUT2D eigenvalue weighted by Crippen LogP contribution is -1.98. The number of carbonyl (C=O) groups excluding carboxylic acids is 1. The maximum absolute atomic E-state index is 11.4. The van der Waals surface area contributed by atoms with Gasteiger partial charge in [-0.25, -0.2) is 9.78 Å². The lowest BCUT2D eigenvalue weighted by atomic mass is 10.2. The van der Waals surface area contributed by atoms with E-state index in [1.165, 1.54) is 18.4 Å². The van der Waals surface area contributed by atoms with Crippen LogP contribution in [0.1, 0.15) is 9.67 Å². The minimum Gasteiger partial charge on any atom is -0.465 e. The molecule has 3 nitrogen and oxygen atoms in total. The van der Waals surface area contributed by atoms with E-state index >= 15 is 0 Å². The van der Waals surface area contributed by atoms with E-state index in [2.05, 4.69) is 25.7 Å². The summed E-state index contributed by atoms with van der Waals surface area (Å²) in [6, 6.07) is 7.63. The van der Waals surface area contributed by atoms with Crippen LogP contribution in [-0.2, 0) is 4.74 Å². The Morgan fingerprint density at radius 3 is 2.94 bits per heavy atom. The van der Waals surface area contributed by atoms with Crippen molar-refractivity contribution < 1.29 is 9.53 Å². The molecule has 0 saturated heterocycles. The number of benzene rings is 1. The summed E-state index contributed by atoms with van der Waals surface area (Å²) in [6.07, 6.45) is 0. The topological polar surface area (TPSA) is 39.2 Å². The number of esters is 1. The van der Waals surface area contributed by atoms with Crippen LogP contribution in [0.2, 0.25) is 5.15 Å². The highest BCUT2D eigenvalue weighted by Crippen LogP contribution is 2.32. The zero-order chi connectivity index (χ0) is 12.4. The summed E-state index contributed by atoms with van der Waals surface area (Å²) in [5.41, 5.74) is 0.904. The molecule has 6 heteroatoms. The van der Waals surface area contributed by atoms with Crippen molar-refractivity contribution in [2.75, 3.05) is 7.11 Å². The number of nitrogens with zero attached hydrogens (tertiary/aromatic N) is 1. The van der Waals surface area contributed by atoms with Gasteiger partial charge in [0.05, 0.1) is 7.11 Å². The summed E-state index contributed by atoms with van der Waals surface area (Å²) >= 11 is 10.5. The Morgan fingerprint density at radius 1 is 1.53 bits per heavy atom. The van der Waals surface area contributed by atoms with E-state index in [0.29, 0.717) is 9.88 Å². The van der Waals surface area contributed by atoms with Crippen LogP contribution >= 0.6 is 38.9 Å². The number of aromatic nitrogens is 1. The Hall–Kier alpha value is -0.910. The molecule has 0 aliphatic carbocycles. The lowest BCUT2D eigenvalue weighted by molar-refractivity contribution is 0.0606. The van der Waals surface area contributed by atoms with Crippen LogP contribution < -0.4 is 0 Å². The molecule has 0 unspecified atom stereocenters. The van der Waals surface area contributed by atoms with Gasteiger partial charge in [-0.15, -0.1) is 11.3 Å². The average Bonchev–Trinajstić information content (AvgIpc) is 2.70. The van der Waals surface area contributed by atoms with E-state index in [4.69, 9.17) is 11.6 Å². The number of carbonyl (C=O) groups is 1. The van der Waals surface area contributed by atoms with Gasteiger partial charge in [0.25, 0.3) is 0 Å². The Kier molecular flexibility index (Phi) is 3.81. The van der Waals surface area contributed by atoms with E-state index in [0.717, 1.165) is 10.0 Å². The van der Waals surface area contributed by atoms with Crippen LogP contribution in [0.5, 0.6) is 0 Å². The van der Waals surface area contributed by atoms with Gasteiger partial charge < -0.3 is 4.74 Å². The number of rotatable bonds is 2. The van der Waals surface area contributed by atoms with E-state index in [1.54, 1.807) is 0 Å². The van der Waals surface area contributed by atoms with Crippen LogP contribution in [-0.4, -0.2) is 18.1 Å². The van der Waals surface area contributed by atoms with E-state index in [9.17, 15) is 4.79 Å². The van der Waals surface area contributed by atoms with Crippen molar-refractivity contribution in [1.82, 2.24) is 4.98 Å². The Balaban J connectivity index is 2.44. The maximum Gasteiger partial charge on any atom is 0.351 e. The summed E-state index contributed by atoms with van der Waals surface area (Å²) < 4.78 is 5.57. The van der Waals surface area contributed by atoms with Crippen molar-refractivity contribution in [1.29, 1.82) is 0 Å². The van der Waals surface area contributed by atoms with E-state index < -0.39 is 5.97 Å². The third-order valence-electron chi connectivity index (χ3n) is 2.03. The summed E-state index contributed by atoms with van der Waals surface area (Å²) in [5.74, 6) is -0.464. The van der Waals surface area contributed by atoms with Gasteiger partial charge in [0.15, 0.2) is 10.0 Å². The highest BCUT2D eigenvalue weighted by atomic mass is 79.9. The molecular formula is C11H7BrClNO2S. The number of hydrogen-bond donors (Lipinski definition) is 0. The fraction of sp³-hybridized carbons (Fsp3) is 0.0909. The second-order valence-corrected chi connectivity index (χ2v) is 5.41. The van der Waals surface area contributed by atoms with Crippen LogP contribution in [0.3, 0.4) is 0 Å². The van der Waals surface area contributed by atoms with Gasteiger partial charge in [0.1, 0.15) is 5.01 Å². The van der Waals surface area contributed by atoms with Gasteiger partial charge in [-0.1, -0.05) is 39.7 Å². The molecule has 0 atom stereocenters. The molecule has 88 valence electrons. The molecular weight excluding hydrogens is 326 g/mol. The SMILES string of the molecule is COC(=O)c1sc(-c2cccc(Br)c2)nc1Cl. The van der Waals surface area contributed by atoms with Crippen LogP contribution in [0, 0.1) is 0 Å². The Bertz CT molecular complexity index is 570. The summed E-state index contributed by atoms with van der Waals surface area (Å²) in [7, 11) is 1.32. The number of methoxy groups -OCH3 is 1. The van der Waals surface area contributed by atoms with Gasteiger partial charge >= 0.3 is 5.97 Å². The van der Waals surface area contributed by atoms with Crippen molar-refractivity contribution >= 4 is 44.8 Å². The predicted molar refractivity (Wildman–Crippen MR) is 71.6 cm³/mol. The average molecular weight is 333 g/mol. The highest BCUT2D eigenvalue weighted by Gasteiger charge is 2.17. The normalized spacial score (nSPS) is 10.3. The first-order valence-corrected chi connectivity index (χ1v) is 6.61. The molecule has 0 aliphatic rings. The maximum atomic E-state index is 11.4. The molecule has 17 heavy (non-hydrogen) atoms. The predicted octanol–water partition coefficient (Wildman–Crippen LogP) is 4.01. The van der Waals surface area contributed by atoms with Gasteiger partial charge in [-0.2, -0.15) is 0 Å². The third kappa shape index (κ3) is 2.68. The first-order valence-electron chi connectivity index (χ1n) is 4.62. The number of ether oxygens (including phenoxy) is 1. The Morgan fingerprint density at radius 2 is 2.29 bits per heavy atom. The molecule has 0 amide bonds. The molecule has 0 radical (unpaired) electrons. The fourth-order valence-corrected chi connectivity index (χ4v) is 2.86. The molecule has 1 aromatic heterocycles. The first-order chi connectivity index (χ1) is 8.11. The second-order valence-electron chi connectivity index (χ2n) is 3.14. The molecule has 2 rings (SSSR count). The largest absolute Gasteiger partial charge is 0.465 e.